The lowest BCUT2D eigenvalue weighted by atomic mass is 9.92. The number of ether oxygens (including phenoxy) is 1. The van der Waals surface area contributed by atoms with Crippen LogP contribution in [0.4, 0.5) is 0 Å². The zero-order chi connectivity index (χ0) is 11.4. The highest BCUT2D eigenvalue weighted by molar-refractivity contribution is 5.83. The lowest BCUT2D eigenvalue weighted by Crippen LogP contribution is -2.25. The maximum atomic E-state index is 12.1. The maximum absolute atomic E-state index is 12.1. The molecule has 1 saturated heterocycles. The van der Waals surface area contributed by atoms with Crippen LogP contribution < -0.4 is 0 Å². The normalized spacial score (nSPS) is 24.6. The van der Waals surface area contributed by atoms with Gasteiger partial charge in [0.25, 0.3) is 0 Å². The smallest absolute Gasteiger partial charge is 0.144 e. The van der Waals surface area contributed by atoms with Gasteiger partial charge in [-0.3, -0.25) is 9.78 Å². The number of pyridine rings is 1. The van der Waals surface area contributed by atoms with Crippen molar-refractivity contribution >= 4 is 5.78 Å². The van der Waals surface area contributed by atoms with Crippen molar-refractivity contribution in [2.75, 3.05) is 6.61 Å². The molecule has 0 radical (unpaired) electrons. The van der Waals surface area contributed by atoms with Crippen LogP contribution >= 0.6 is 0 Å². The Labute approximate surface area is 95.8 Å². The number of hydrogen-bond acceptors (Lipinski definition) is 3. The summed E-state index contributed by atoms with van der Waals surface area (Å²) in [6, 6.07) is 5.67. The van der Waals surface area contributed by atoms with E-state index in [1.165, 1.54) is 0 Å². The van der Waals surface area contributed by atoms with E-state index in [1.807, 2.05) is 18.2 Å². The van der Waals surface area contributed by atoms with E-state index in [0.717, 1.165) is 25.1 Å². The summed E-state index contributed by atoms with van der Waals surface area (Å²) in [6.45, 7) is 2.79. The molecular weight excluding hydrogens is 202 g/mol. The van der Waals surface area contributed by atoms with Crippen molar-refractivity contribution in [1.29, 1.82) is 0 Å². The van der Waals surface area contributed by atoms with E-state index in [0.29, 0.717) is 6.42 Å². The summed E-state index contributed by atoms with van der Waals surface area (Å²) < 4.78 is 5.53. The van der Waals surface area contributed by atoms with Crippen molar-refractivity contribution in [3.63, 3.8) is 0 Å². The monoisotopic (exact) mass is 219 g/mol. The van der Waals surface area contributed by atoms with Gasteiger partial charge >= 0.3 is 0 Å². The highest BCUT2D eigenvalue weighted by Gasteiger charge is 2.32. The minimum atomic E-state index is 0.0759. The summed E-state index contributed by atoms with van der Waals surface area (Å²) in [5.74, 6) is 0.343. The third-order valence-corrected chi connectivity index (χ3v) is 3.11. The topological polar surface area (TPSA) is 39.2 Å². The minimum Gasteiger partial charge on any atom is -0.377 e. The average Bonchev–Trinajstić information content (AvgIpc) is 2.78. The summed E-state index contributed by atoms with van der Waals surface area (Å²) in [7, 11) is 0. The minimum absolute atomic E-state index is 0.0759. The number of carbonyl (C=O) groups excluding carboxylic acids is 1. The van der Waals surface area contributed by atoms with Gasteiger partial charge in [-0.05, 0) is 25.0 Å². The van der Waals surface area contributed by atoms with Crippen molar-refractivity contribution in [2.24, 2.45) is 5.92 Å². The molecule has 2 unspecified atom stereocenters. The summed E-state index contributed by atoms with van der Waals surface area (Å²) in [5.41, 5.74) is 0.856. The highest BCUT2D eigenvalue weighted by atomic mass is 16.5. The van der Waals surface area contributed by atoms with Crippen LogP contribution in [0.15, 0.2) is 24.4 Å². The summed E-state index contributed by atoms with van der Waals surface area (Å²) in [6.07, 6.45) is 4.07. The predicted octanol–water partition coefficient (Wildman–Crippen LogP) is 2.01. The first-order valence-corrected chi connectivity index (χ1v) is 5.85. The molecular formula is C13H17NO2. The molecule has 0 amide bonds. The van der Waals surface area contributed by atoms with Crippen molar-refractivity contribution in [3.05, 3.63) is 30.1 Å². The van der Waals surface area contributed by atoms with Crippen LogP contribution in [0.5, 0.6) is 0 Å². The molecule has 2 rings (SSSR count). The van der Waals surface area contributed by atoms with E-state index in [2.05, 4.69) is 11.9 Å². The average molecular weight is 219 g/mol. The van der Waals surface area contributed by atoms with E-state index >= 15 is 0 Å². The second-order valence-corrected chi connectivity index (χ2v) is 4.18. The standard InChI is InChI=1S/C13H17NO2/c1-2-13-11(6-8-16-13)12(15)9-10-5-3-4-7-14-10/h3-5,7,11,13H,2,6,8-9H2,1H3. The molecule has 3 nitrogen and oxygen atoms in total. The van der Waals surface area contributed by atoms with Gasteiger partial charge in [-0.2, -0.15) is 0 Å². The van der Waals surface area contributed by atoms with Gasteiger partial charge in [0.2, 0.25) is 0 Å². The van der Waals surface area contributed by atoms with Gasteiger partial charge in [-0.15, -0.1) is 0 Å². The molecule has 2 atom stereocenters. The van der Waals surface area contributed by atoms with Crippen LogP contribution in [0, 0.1) is 5.92 Å². The quantitative estimate of drug-likeness (QED) is 0.777. The molecule has 86 valence electrons. The number of hydrogen-bond donors (Lipinski definition) is 0. The van der Waals surface area contributed by atoms with Crippen LogP contribution in [-0.4, -0.2) is 23.5 Å². The fraction of sp³-hybridized carbons (Fsp3) is 0.538. The Morgan fingerprint density at radius 1 is 1.56 bits per heavy atom. The first-order valence-electron chi connectivity index (χ1n) is 5.85. The van der Waals surface area contributed by atoms with E-state index in [9.17, 15) is 4.79 Å². The largest absolute Gasteiger partial charge is 0.377 e. The first kappa shape index (κ1) is 11.3. The van der Waals surface area contributed by atoms with Crippen LogP contribution in [-0.2, 0) is 16.0 Å². The van der Waals surface area contributed by atoms with Crippen molar-refractivity contribution in [2.45, 2.75) is 32.3 Å². The van der Waals surface area contributed by atoms with E-state index in [4.69, 9.17) is 4.74 Å². The number of ketones is 1. The van der Waals surface area contributed by atoms with Gasteiger partial charge in [0.15, 0.2) is 0 Å². The van der Waals surface area contributed by atoms with Crippen molar-refractivity contribution < 1.29 is 9.53 Å². The Kier molecular flexibility index (Phi) is 3.67. The summed E-state index contributed by atoms with van der Waals surface area (Å²) in [4.78, 5) is 16.2. The van der Waals surface area contributed by atoms with E-state index in [-0.39, 0.29) is 17.8 Å². The third kappa shape index (κ3) is 2.47. The van der Waals surface area contributed by atoms with Gasteiger partial charge in [0, 0.05) is 30.8 Å². The molecule has 0 bridgehead atoms. The maximum Gasteiger partial charge on any atom is 0.144 e. The molecule has 1 aliphatic heterocycles. The summed E-state index contributed by atoms with van der Waals surface area (Å²) in [5, 5.41) is 0. The lowest BCUT2D eigenvalue weighted by Gasteiger charge is -2.15. The molecule has 1 fully saturated rings. The molecule has 0 aromatic carbocycles. The molecule has 3 heteroatoms. The number of carbonyl (C=O) groups is 1. The Balaban J connectivity index is 1.98. The van der Waals surface area contributed by atoms with Gasteiger partial charge in [-0.25, -0.2) is 0 Å². The fourth-order valence-corrected chi connectivity index (χ4v) is 2.23. The molecule has 16 heavy (non-hydrogen) atoms. The van der Waals surface area contributed by atoms with Crippen molar-refractivity contribution in [3.8, 4) is 0 Å². The predicted molar refractivity (Wildman–Crippen MR) is 61.1 cm³/mol. The molecule has 1 aliphatic rings. The van der Waals surface area contributed by atoms with Crippen molar-refractivity contribution in [1.82, 2.24) is 4.98 Å². The zero-order valence-electron chi connectivity index (χ0n) is 9.56. The molecule has 0 N–H and O–H groups in total. The molecule has 1 aromatic rings. The van der Waals surface area contributed by atoms with E-state index < -0.39 is 0 Å². The first-order chi connectivity index (χ1) is 7.81. The third-order valence-electron chi connectivity index (χ3n) is 3.11. The number of nitrogens with zero attached hydrogens (tertiary/aromatic N) is 1. The van der Waals surface area contributed by atoms with Gasteiger partial charge in [-0.1, -0.05) is 13.0 Å². The SMILES string of the molecule is CCC1OCCC1C(=O)Cc1ccccn1. The van der Waals surface area contributed by atoms with E-state index in [1.54, 1.807) is 6.20 Å². The molecule has 0 aliphatic carbocycles. The molecule has 1 aromatic heterocycles. The number of rotatable bonds is 4. The van der Waals surface area contributed by atoms with Crippen LogP contribution in [0.2, 0.25) is 0 Å². The van der Waals surface area contributed by atoms with Gasteiger partial charge < -0.3 is 4.74 Å². The molecule has 0 spiro atoms. The van der Waals surface area contributed by atoms with Crippen LogP contribution in [0.25, 0.3) is 0 Å². The Bertz CT molecular complexity index is 350. The highest BCUT2D eigenvalue weighted by Crippen LogP contribution is 2.25. The van der Waals surface area contributed by atoms with Gasteiger partial charge in [0.1, 0.15) is 5.78 Å². The van der Waals surface area contributed by atoms with Crippen LogP contribution in [0.1, 0.15) is 25.5 Å². The fourth-order valence-electron chi connectivity index (χ4n) is 2.23. The van der Waals surface area contributed by atoms with Gasteiger partial charge in [0.05, 0.1) is 6.10 Å². The second kappa shape index (κ2) is 5.21. The number of aromatic nitrogens is 1. The van der Waals surface area contributed by atoms with Crippen LogP contribution in [0.3, 0.4) is 0 Å². The zero-order valence-corrected chi connectivity index (χ0v) is 9.56. The summed E-state index contributed by atoms with van der Waals surface area (Å²) >= 11 is 0. The molecule has 2 heterocycles. The lowest BCUT2D eigenvalue weighted by molar-refractivity contribution is -0.123. The Morgan fingerprint density at radius 2 is 2.44 bits per heavy atom. The number of Topliss-reactive ketones (excluding diaryl/α,β-unsaturated/α-hetero) is 1. The second-order valence-electron chi connectivity index (χ2n) is 4.18. The molecule has 0 saturated carbocycles. The Morgan fingerprint density at radius 3 is 3.12 bits per heavy atom. The Hall–Kier alpha value is -1.22.